The second-order valence-electron chi connectivity index (χ2n) is 6.83. The Hall–Kier alpha value is -1.17. The molecule has 124 valence electrons. The van der Waals surface area contributed by atoms with E-state index in [1.54, 1.807) is 0 Å². The summed E-state index contributed by atoms with van der Waals surface area (Å²) >= 11 is 0. The molecular weight excluding hydrogens is 294 g/mol. The number of nitrogens with one attached hydrogen (secondary N) is 1. The van der Waals surface area contributed by atoms with E-state index in [0.717, 1.165) is 5.56 Å². The van der Waals surface area contributed by atoms with Gasteiger partial charge in [0.15, 0.2) is 0 Å². The Labute approximate surface area is 135 Å². The molecular formula is C17H29NO3Si. The zero-order chi connectivity index (χ0) is 16.8. The van der Waals surface area contributed by atoms with Crippen LogP contribution in [-0.2, 0) is 20.9 Å². The summed E-state index contributed by atoms with van der Waals surface area (Å²) in [4.78, 5) is 15.8. The molecule has 0 saturated carbocycles. The topological polar surface area (TPSA) is 47.6 Å². The molecule has 0 fully saturated rings. The van der Waals surface area contributed by atoms with Crippen LogP contribution in [0.5, 0.6) is 0 Å². The normalized spacial score (nSPS) is 14.7. The van der Waals surface area contributed by atoms with Gasteiger partial charge in [-0.05, 0) is 33.3 Å². The molecule has 0 aromatic heterocycles. The van der Waals surface area contributed by atoms with Crippen molar-refractivity contribution in [2.24, 2.45) is 0 Å². The third-order valence-electron chi connectivity index (χ3n) is 3.00. The van der Waals surface area contributed by atoms with E-state index in [1.165, 1.54) is 0 Å². The summed E-state index contributed by atoms with van der Waals surface area (Å²) < 4.78 is 11.4. The number of esters is 1. The van der Waals surface area contributed by atoms with E-state index in [-0.39, 0.29) is 17.7 Å². The standard InChI is InChI=1S/C17H29NO3Si/c1-13(21-17(2,3)4)15(18-22(5)6)16(19)20-12-14-10-8-7-9-11-14/h7-11,13,15,18,22H,12H2,1-6H3/t13?,15-/m0/s1. The smallest absolute Gasteiger partial charge is 0.325 e. The molecule has 0 amide bonds. The highest BCUT2D eigenvalue weighted by Gasteiger charge is 2.30. The van der Waals surface area contributed by atoms with E-state index in [0.29, 0.717) is 6.61 Å². The van der Waals surface area contributed by atoms with Crippen molar-refractivity contribution in [1.82, 2.24) is 4.98 Å². The van der Waals surface area contributed by atoms with Gasteiger partial charge in [-0.2, -0.15) is 0 Å². The molecule has 0 aliphatic rings. The van der Waals surface area contributed by atoms with Gasteiger partial charge in [-0.1, -0.05) is 43.4 Å². The van der Waals surface area contributed by atoms with Gasteiger partial charge in [0, 0.05) is 0 Å². The van der Waals surface area contributed by atoms with Gasteiger partial charge in [0.2, 0.25) is 0 Å². The van der Waals surface area contributed by atoms with Gasteiger partial charge in [0.1, 0.15) is 21.6 Å². The number of benzene rings is 1. The van der Waals surface area contributed by atoms with Crippen LogP contribution >= 0.6 is 0 Å². The first-order valence-electron chi connectivity index (χ1n) is 7.83. The average molecular weight is 324 g/mol. The number of rotatable bonds is 7. The molecule has 4 nitrogen and oxygen atoms in total. The third kappa shape index (κ3) is 7.20. The second kappa shape index (κ2) is 8.46. The van der Waals surface area contributed by atoms with Gasteiger partial charge in [-0.15, -0.1) is 0 Å². The number of carbonyl (C=O) groups excluding carboxylic acids is 1. The van der Waals surface area contributed by atoms with Gasteiger partial charge >= 0.3 is 5.97 Å². The fourth-order valence-electron chi connectivity index (χ4n) is 2.20. The monoisotopic (exact) mass is 323 g/mol. The first kappa shape index (κ1) is 18.9. The molecule has 1 aromatic carbocycles. The minimum atomic E-state index is -1.14. The molecule has 0 radical (unpaired) electrons. The Morgan fingerprint density at radius 1 is 1.23 bits per heavy atom. The van der Waals surface area contributed by atoms with E-state index >= 15 is 0 Å². The Balaban J connectivity index is 2.67. The Kier molecular flexibility index (Phi) is 7.26. The van der Waals surface area contributed by atoms with E-state index in [4.69, 9.17) is 9.47 Å². The van der Waals surface area contributed by atoms with Crippen LogP contribution in [0.3, 0.4) is 0 Å². The summed E-state index contributed by atoms with van der Waals surface area (Å²) in [5.41, 5.74) is 0.693. The molecule has 1 aromatic rings. The van der Waals surface area contributed by atoms with Crippen molar-refractivity contribution in [3.05, 3.63) is 35.9 Å². The van der Waals surface area contributed by atoms with Crippen LogP contribution in [0.1, 0.15) is 33.3 Å². The highest BCUT2D eigenvalue weighted by molar-refractivity contribution is 6.53. The van der Waals surface area contributed by atoms with Gasteiger partial charge in [0.05, 0.1) is 11.7 Å². The maximum atomic E-state index is 12.4. The van der Waals surface area contributed by atoms with Crippen LogP contribution in [0.4, 0.5) is 0 Å². The molecule has 0 heterocycles. The predicted molar refractivity (Wildman–Crippen MR) is 92.3 cm³/mol. The zero-order valence-corrected chi connectivity index (χ0v) is 15.7. The van der Waals surface area contributed by atoms with Crippen molar-refractivity contribution in [3.8, 4) is 0 Å². The lowest BCUT2D eigenvalue weighted by Gasteiger charge is -2.31. The van der Waals surface area contributed by atoms with Gasteiger partial charge in [0.25, 0.3) is 0 Å². The second-order valence-corrected chi connectivity index (χ2v) is 9.47. The van der Waals surface area contributed by atoms with Crippen LogP contribution in [-0.4, -0.2) is 32.7 Å². The minimum absolute atomic E-state index is 0.238. The fourth-order valence-corrected chi connectivity index (χ4v) is 3.32. The van der Waals surface area contributed by atoms with E-state index in [1.807, 2.05) is 58.0 Å². The molecule has 1 rings (SSSR count). The van der Waals surface area contributed by atoms with Crippen LogP contribution < -0.4 is 4.98 Å². The van der Waals surface area contributed by atoms with Crippen LogP contribution in [0.15, 0.2) is 30.3 Å². The first-order chi connectivity index (χ1) is 10.2. The molecule has 0 bridgehead atoms. The lowest BCUT2D eigenvalue weighted by molar-refractivity contribution is -0.154. The summed E-state index contributed by atoms with van der Waals surface area (Å²) in [5.74, 6) is -0.248. The highest BCUT2D eigenvalue weighted by Crippen LogP contribution is 2.14. The van der Waals surface area contributed by atoms with E-state index in [9.17, 15) is 4.79 Å². The molecule has 0 saturated heterocycles. The Morgan fingerprint density at radius 2 is 1.82 bits per heavy atom. The number of ether oxygens (including phenoxy) is 2. The van der Waals surface area contributed by atoms with Crippen molar-refractivity contribution < 1.29 is 14.3 Å². The number of hydrogen-bond donors (Lipinski definition) is 1. The molecule has 2 atom stereocenters. The summed E-state index contributed by atoms with van der Waals surface area (Å²) in [6.07, 6.45) is -0.238. The molecule has 22 heavy (non-hydrogen) atoms. The minimum Gasteiger partial charge on any atom is -0.460 e. The number of hydrogen-bond acceptors (Lipinski definition) is 4. The van der Waals surface area contributed by atoms with Gasteiger partial charge in [-0.3, -0.25) is 4.79 Å². The van der Waals surface area contributed by atoms with E-state index < -0.39 is 15.0 Å². The maximum Gasteiger partial charge on any atom is 0.325 e. The lowest BCUT2D eigenvalue weighted by Crippen LogP contribution is -2.52. The maximum absolute atomic E-state index is 12.4. The predicted octanol–water partition coefficient (Wildman–Crippen LogP) is 2.88. The van der Waals surface area contributed by atoms with Crippen LogP contribution in [0.25, 0.3) is 0 Å². The first-order valence-corrected chi connectivity index (χ1v) is 10.7. The summed E-state index contributed by atoms with van der Waals surface area (Å²) in [7, 11) is -1.14. The van der Waals surface area contributed by atoms with Crippen molar-refractivity contribution >= 4 is 14.9 Å². The average Bonchev–Trinajstić information content (AvgIpc) is 2.41. The molecule has 0 aliphatic heterocycles. The SMILES string of the molecule is CC(OC(C)(C)C)[C@H](N[SiH](C)C)C(=O)OCc1ccccc1. The molecule has 5 heteroatoms. The molecule has 0 aliphatic carbocycles. The largest absolute Gasteiger partial charge is 0.460 e. The van der Waals surface area contributed by atoms with Gasteiger partial charge < -0.3 is 14.5 Å². The fraction of sp³-hybridized carbons (Fsp3) is 0.588. The molecule has 0 spiro atoms. The van der Waals surface area contributed by atoms with Crippen molar-refractivity contribution in [2.45, 2.75) is 65.1 Å². The zero-order valence-electron chi connectivity index (χ0n) is 14.6. The summed E-state index contributed by atoms with van der Waals surface area (Å²) in [5, 5.41) is 0. The van der Waals surface area contributed by atoms with Crippen LogP contribution in [0, 0.1) is 0 Å². The Bertz CT molecular complexity index is 457. The molecule has 1 N–H and O–H groups in total. The third-order valence-corrected chi connectivity index (χ3v) is 4.03. The van der Waals surface area contributed by atoms with E-state index in [2.05, 4.69) is 18.1 Å². The summed E-state index contributed by atoms with van der Waals surface area (Å²) in [6.45, 7) is 12.5. The Morgan fingerprint density at radius 3 is 2.32 bits per heavy atom. The lowest BCUT2D eigenvalue weighted by atomic mass is 10.1. The number of carbonyl (C=O) groups is 1. The van der Waals surface area contributed by atoms with Crippen molar-refractivity contribution in [1.29, 1.82) is 0 Å². The van der Waals surface area contributed by atoms with Crippen LogP contribution in [0.2, 0.25) is 13.1 Å². The molecule has 1 unspecified atom stereocenters. The van der Waals surface area contributed by atoms with Crippen molar-refractivity contribution in [2.75, 3.05) is 0 Å². The summed E-state index contributed by atoms with van der Waals surface area (Å²) in [6, 6.07) is 9.29. The van der Waals surface area contributed by atoms with Gasteiger partial charge in [-0.25, -0.2) is 0 Å². The van der Waals surface area contributed by atoms with Crippen molar-refractivity contribution in [3.63, 3.8) is 0 Å². The highest BCUT2D eigenvalue weighted by atomic mass is 28.3. The quantitative estimate of drug-likeness (QED) is 0.619.